The van der Waals surface area contributed by atoms with Crippen LogP contribution in [0.4, 0.5) is 0 Å². The summed E-state index contributed by atoms with van der Waals surface area (Å²) in [5.74, 6) is 0. The fourth-order valence-electron chi connectivity index (χ4n) is 0. The summed E-state index contributed by atoms with van der Waals surface area (Å²) < 4.78 is 0. The first-order valence-electron chi connectivity index (χ1n) is 0. The fraction of sp³-hybridized carbons (Fsp3) is 0. The molecule has 1 unspecified atom stereocenters. The van der Waals surface area contributed by atoms with E-state index in [-0.39, 0.29) is 49.2 Å². The highest BCUT2D eigenvalue weighted by Crippen LogP contribution is 0.861. The Kier molecular flexibility index (Phi) is 348. The largest absolute Gasteiger partial charge is 0.187 e. The molecule has 30 valence electrons. The zero-order valence-corrected chi connectivity index (χ0v) is 2.12. The Morgan fingerprint density at radius 2 is 0.750 bits per heavy atom. The highest BCUT2D eigenvalue weighted by molar-refractivity contribution is 6.92. The molecule has 4 heavy (non-hydrogen) atoms. The molecule has 0 N–H and O–H groups in total. The second-order valence-electron chi connectivity index (χ2n) is 0. The lowest BCUT2D eigenvalue weighted by atomic mass is 27.0. The van der Waals surface area contributed by atoms with E-state index in [0.717, 1.165) is 0 Å². The Labute approximate surface area is 49.5 Å². The Morgan fingerprint density at radius 3 is 0.750 bits per heavy atom. The lowest BCUT2D eigenvalue weighted by molar-refractivity contribution is 5.75. The van der Waals surface area contributed by atoms with Crippen LogP contribution in [0.25, 0.3) is 0 Å². The van der Waals surface area contributed by atoms with Gasteiger partial charge < -0.3 is 0 Å². The molecule has 1 atom stereocenters. The van der Waals surface area contributed by atoms with Crippen LogP contribution in [0.2, 0.25) is 0 Å². The SMILES string of the molecule is P.[AlH3].[SiH4].[SiH4]. The van der Waals surface area contributed by atoms with Gasteiger partial charge in [0.15, 0.2) is 17.4 Å². The maximum atomic E-state index is 0. The van der Waals surface area contributed by atoms with Crippen LogP contribution in [0.5, 0.6) is 0 Å². The molecule has 0 aliphatic carbocycles. The third-order valence-electron chi connectivity index (χ3n) is 0. The fourth-order valence-corrected chi connectivity index (χ4v) is 0. The summed E-state index contributed by atoms with van der Waals surface area (Å²) in [6.07, 6.45) is 0. The summed E-state index contributed by atoms with van der Waals surface area (Å²) in [5.41, 5.74) is 0. The highest BCUT2D eigenvalue weighted by Gasteiger charge is 0.187. The molecule has 0 aliphatic heterocycles. The normalized spacial score (nSPS) is 0. The zero-order chi connectivity index (χ0) is 0. The van der Waals surface area contributed by atoms with Crippen molar-refractivity contribution in [3.8, 4) is 0 Å². The zero-order valence-electron chi connectivity index (χ0n) is 0.707. The van der Waals surface area contributed by atoms with Crippen molar-refractivity contribution in [2.45, 2.75) is 0 Å². The molecule has 0 saturated heterocycles. The average molecular weight is 128 g/mol. The average Bonchev–Trinajstić information content (AvgIpc) is 0. The van der Waals surface area contributed by atoms with Crippen LogP contribution in [0, 0.1) is 0 Å². The molecule has 0 aromatic rings. The van der Waals surface area contributed by atoms with Gasteiger partial charge in [-0.05, 0) is 21.9 Å². The summed E-state index contributed by atoms with van der Waals surface area (Å²) in [6.45, 7) is 0. The predicted octanol–water partition coefficient (Wildman–Crippen LogP) is -4.03. The van der Waals surface area contributed by atoms with Gasteiger partial charge in [0, 0.05) is 0 Å². The molecule has 4 heteroatoms. The Bertz CT molecular complexity index is 6.00. The third kappa shape index (κ3) is 10.0. The van der Waals surface area contributed by atoms with Crippen LogP contribution in [-0.2, 0) is 0 Å². The van der Waals surface area contributed by atoms with E-state index in [4.69, 9.17) is 0 Å². The van der Waals surface area contributed by atoms with Crippen molar-refractivity contribution in [2.24, 2.45) is 0 Å². The number of hydrogen-bond donors (Lipinski definition) is 0. The predicted molar refractivity (Wildman–Crippen MR) is 43.7 cm³/mol. The quantitative estimate of drug-likeness (QED) is 0.230. The second-order valence-corrected chi connectivity index (χ2v) is 0. The minimum atomic E-state index is 0. The molecule has 0 saturated carbocycles. The molecule has 0 aliphatic rings. The Balaban J connectivity index is 0. The second kappa shape index (κ2) is 26.0. The monoisotopic (exact) mass is 128 g/mol. The van der Waals surface area contributed by atoms with Gasteiger partial charge in [0.25, 0.3) is 0 Å². The summed E-state index contributed by atoms with van der Waals surface area (Å²) in [5, 5.41) is 0. The molecule has 0 radical (unpaired) electrons. The number of hydrogen-bond acceptors (Lipinski definition) is 0. The van der Waals surface area contributed by atoms with Crippen molar-refractivity contribution >= 4 is 49.2 Å². The highest BCUT2D eigenvalue weighted by atomic mass is 31.0. The van der Waals surface area contributed by atoms with Gasteiger partial charge in [-0.2, -0.15) is 9.90 Å². The van der Waals surface area contributed by atoms with Gasteiger partial charge in [-0.1, -0.05) is 0 Å². The Hall–Kier alpha value is 1.40. The van der Waals surface area contributed by atoms with Gasteiger partial charge in [0.05, 0.1) is 0 Å². The molecule has 0 rings (SSSR count). The maximum absolute atomic E-state index is 0. The lowest BCUT2D eigenvalue weighted by Gasteiger charge is -0.153. The topological polar surface area (TPSA) is 0 Å². The van der Waals surface area contributed by atoms with E-state index < -0.39 is 0 Å². The van der Waals surface area contributed by atoms with E-state index in [2.05, 4.69) is 0 Å². The van der Waals surface area contributed by atoms with E-state index in [9.17, 15) is 0 Å². The van der Waals surface area contributed by atoms with E-state index in [1.807, 2.05) is 0 Å². The van der Waals surface area contributed by atoms with Gasteiger partial charge in [0.2, 0.25) is 0 Å². The first kappa shape index (κ1) is 53.5. The van der Waals surface area contributed by atoms with Crippen molar-refractivity contribution < 1.29 is 0 Å². The molecule has 0 aromatic carbocycles. The standard InChI is InChI=1S/Al.H3P.2H4Si.3H/h;1H3;2*1H4;;;. The summed E-state index contributed by atoms with van der Waals surface area (Å²) in [7, 11) is 0. The molecular weight excluding hydrogens is 114 g/mol. The minimum Gasteiger partial charge on any atom is -0.153 e. The van der Waals surface area contributed by atoms with Gasteiger partial charge >= 0.3 is 0 Å². The summed E-state index contributed by atoms with van der Waals surface area (Å²) in [6, 6.07) is 0. The maximum Gasteiger partial charge on any atom is 0.187 e. The molecule has 0 amide bonds. The van der Waals surface area contributed by atoms with E-state index >= 15 is 0 Å². The molecule has 0 bridgehead atoms. The molecule has 0 heterocycles. The molecule has 0 fully saturated rings. The van der Waals surface area contributed by atoms with Crippen molar-refractivity contribution in [2.75, 3.05) is 0 Å². The van der Waals surface area contributed by atoms with Crippen LogP contribution in [0.3, 0.4) is 0 Å². The lowest BCUT2D eigenvalue weighted by Crippen LogP contribution is -0.382. The molecule has 0 nitrogen and oxygen atoms in total. The molecule has 0 spiro atoms. The van der Waals surface area contributed by atoms with Crippen LogP contribution in [0.15, 0.2) is 0 Å². The minimum absolute atomic E-state index is 0. The van der Waals surface area contributed by atoms with Gasteiger partial charge in [-0.25, -0.2) is 0 Å². The first-order chi connectivity index (χ1) is 0. The summed E-state index contributed by atoms with van der Waals surface area (Å²) in [4.78, 5) is 0. The van der Waals surface area contributed by atoms with E-state index in [1.165, 1.54) is 0 Å². The van der Waals surface area contributed by atoms with E-state index in [1.54, 1.807) is 0 Å². The van der Waals surface area contributed by atoms with Gasteiger partial charge in [0.1, 0.15) is 0 Å². The van der Waals surface area contributed by atoms with Crippen LogP contribution in [0.1, 0.15) is 0 Å². The Morgan fingerprint density at radius 1 is 0.750 bits per heavy atom. The van der Waals surface area contributed by atoms with Gasteiger partial charge in [-0.15, -0.1) is 0 Å². The first-order valence-corrected chi connectivity index (χ1v) is 0. The molecule has 0 aromatic heterocycles. The van der Waals surface area contributed by atoms with Gasteiger partial charge in [-0.3, -0.25) is 0 Å². The van der Waals surface area contributed by atoms with Crippen LogP contribution >= 0.6 is 9.90 Å². The molecular formula is H14AlPSi2. The van der Waals surface area contributed by atoms with Crippen molar-refractivity contribution in [1.29, 1.82) is 0 Å². The van der Waals surface area contributed by atoms with Crippen LogP contribution < -0.4 is 0 Å². The number of rotatable bonds is 0. The summed E-state index contributed by atoms with van der Waals surface area (Å²) >= 11 is 0. The van der Waals surface area contributed by atoms with Crippen molar-refractivity contribution in [3.05, 3.63) is 0 Å². The van der Waals surface area contributed by atoms with E-state index in [0.29, 0.717) is 0 Å². The van der Waals surface area contributed by atoms with Crippen molar-refractivity contribution in [3.63, 3.8) is 0 Å². The smallest absolute Gasteiger partial charge is 0.153 e. The third-order valence-corrected chi connectivity index (χ3v) is 0. The van der Waals surface area contributed by atoms with Crippen molar-refractivity contribution in [1.82, 2.24) is 0 Å². The van der Waals surface area contributed by atoms with Crippen LogP contribution in [-0.4, -0.2) is 39.3 Å².